The molecule has 0 aliphatic rings. The highest BCUT2D eigenvalue weighted by atomic mass is 19.1. The SMILES string of the molecule is C\C(F)=C(C)/C=C\C(C)=C(/C)F. The van der Waals surface area contributed by atoms with Crippen LogP contribution in [0.4, 0.5) is 8.78 Å². The van der Waals surface area contributed by atoms with Crippen LogP contribution in [0.15, 0.2) is 35.0 Å². The van der Waals surface area contributed by atoms with Crippen LogP contribution in [0, 0.1) is 0 Å². The molecule has 0 fully saturated rings. The van der Waals surface area contributed by atoms with Gasteiger partial charge >= 0.3 is 0 Å². The van der Waals surface area contributed by atoms with E-state index < -0.39 is 0 Å². The average molecular weight is 172 g/mol. The maximum atomic E-state index is 12.5. The Kier molecular flexibility index (Phi) is 4.49. The zero-order valence-corrected chi connectivity index (χ0v) is 7.91. The highest BCUT2D eigenvalue weighted by molar-refractivity contribution is 5.27. The summed E-state index contributed by atoms with van der Waals surface area (Å²) in [4.78, 5) is 0. The molecule has 0 atom stereocenters. The molecule has 0 saturated carbocycles. The molecule has 0 aliphatic carbocycles. The standard InChI is InChI=1S/C10H14F2/c1-7(9(3)11)5-6-8(2)10(4)12/h5-6H,1-4H3/b6-5-,9-7+,10-8+. The van der Waals surface area contributed by atoms with E-state index in [1.54, 1.807) is 26.0 Å². The molecule has 0 spiro atoms. The van der Waals surface area contributed by atoms with Crippen molar-refractivity contribution in [2.24, 2.45) is 0 Å². The van der Waals surface area contributed by atoms with Gasteiger partial charge in [-0.3, -0.25) is 0 Å². The number of halogens is 2. The number of rotatable bonds is 2. The monoisotopic (exact) mass is 172 g/mol. The van der Waals surface area contributed by atoms with Gasteiger partial charge in [-0.2, -0.15) is 0 Å². The molecular formula is C10H14F2. The van der Waals surface area contributed by atoms with Gasteiger partial charge < -0.3 is 0 Å². The molecule has 0 aromatic heterocycles. The summed E-state index contributed by atoms with van der Waals surface area (Å²) in [5.41, 5.74) is 1.05. The first-order valence-electron chi connectivity index (χ1n) is 3.79. The van der Waals surface area contributed by atoms with E-state index in [4.69, 9.17) is 0 Å². The minimum absolute atomic E-state index is 0.240. The van der Waals surface area contributed by atoms with Gasteiger partial charge in [0.05, 0.1) is 11.7 Å². The van der Waals surface area contributed by atoms with Crippen molar-refractivity contribution in [1.82, 2.24) is 0 Å². The molecule has 0 bridgehead atoms. The largest absolute Gasteiger partial charge is 0.212 e. The van der Waals surface area contributed by atoms with Crippen LogP contribution in [0.3, 0.4) is 0 Å². The van der Waals surface area contributed by atoms with Crippen molar-refractivity contribution in [3.8, 4) is 0 Å². The van der Waals surface area contributed by atoms with E-state index in [-0.39, 0.29) is 11.7 Å². The summed E-state index contributed by atoms with van der Waals surface area (Å²) in [6, 6.07) is 0. The Hall–Kier alpha value is -0.920. The Morgan fingerprint density at radius 1 is 0.750 bits per heavy atom. The van der Waals surface area contributed by atoms with Crippen molar-refractivity contribution in [2.75, 3.05) is 0 Å². The van der Waals surface area contributed by atoms with E-state index in [0.29, 0.717) is 11.1 Å². The fourth-order valence-corrected chi connectivity index (χ4v) is 0.480. The third-order valence-electron chi connectivity index (χ3n) is 1.67. The first-order valence-corrected chi connectivity index (χ1v) is 3.79. The zero-order chi connectivity index (χ0) is 9.72. The molecule has 0 aromatic carbocycles. The van der Waals surface area contributed by atoms with E-state index in [1.807, 2.05) is 0 Å². The second-order valence-electron chi connectivity index (χ2n) is 2.77. The molecule has 0 aliphatic heterocycles. The van der Waals surface area contributed by atoms with Crippen LogP contribution in [-0.4, -0.2) is 0 Å². The molecule has 68 valence electrons. The molecule has 0 heterocycles. The molecule has 0 amide bonds. The smallest absolute Gasteiger partial charge is 0.0997 e. The van der Waals surface area contributed by atoms with Crippen molar-refractivity contribution in [1.29, 1.82) is 0 Å². The second-order valence-corrected chi connectivity index (χ2v) is 2.77. The lowest BCUT2D eigenvalue weighted by Crippen LogP contribution is -1.75. The number of hydrogen-bond donors (Lipinski definition) is 0. The lowest BCUT2D eigenvalue weighted by Gasteiger charge is -1.93. The summed E-state index contributed by atoms with van der Waals surface area (Å²) in [5, 5.41) is 0. The van der Waals surface area contributed by atoms with E-state index in [1.165, 1.54) is 13.8 Å². The summed E-state index contributed by atoms with van der Waals surface area (Å²) in [5.74, 6) is -0.480. The molecular weight excluding hydrogens is 158 g/mol. The van der Waals surface area contributed by atoms with Gasteiger partial charge in [0.2, 0.25) is 0 Å². The quantitative estimate of drug-likeness (QED) is 0.551. The molecule has 0 aromatic rings. The minimum atomic E-state index is -0.240. The molecule has 0 N–H and O–H groups in total. The maximum Gasteiger partial charge on any atom is 0.0997 e. The zero-order valence-electron chi connectivity index (χ0n) is 7.91. The van der Waals surface area contributed by atoms with Crippen LogP contribution in [0.25, 0.3) is 0 Å². The number of allylic oxidation sites excluding steroid dienone is 6. The Labute approximate surface area is 72.3 Å². The van der Waals surface area contributed by atoms with Gasteiger partial charge in [0, 0.05) is 0 Å². The molecule has 0 unspecified atom stereocenters. The molecule has 0 nitrogen and oxygen atoms in total. The van der Waals surface area contributed by atoms with Crippen LogP contribution < -0.4 is 0 Å². The van der Waals surface area contributed by atoms with Gasteiger partial charge in [0.25, 0.3) is 0 Å². The Balaban J connectivity index is 4.48. The number of hydrogen-bond acceptors (Lipinski definition) is 0. The predicted octanol–water partition coefficient (Wildman–Crippen LogP) is 4.07. The summed E-state index contributed by atoms with van der Waals surface area (Å²) < 4.78 is 24.9. The topological polar surface area (TPSA) is 0 Å². The van der Waals surface area contributed by atoms with Crippen molar-refractivity contribution < 1.29 is 8.78 Å². The fraction of sp³-hybridized carbons (Fsp3) is 0.400. The van der Waals surface area contributed by atoms with Crippen LogP contribution >= 0.6 is 0 Å². The van der Waals surface area contributed by atoms with E-state index in [2.05, 4.69) is 0 Å². The minimum Gasteiger partial charge on any atom is -0.212 e. The summed E-state index contributed by atoms with van der Waals surface area (Å²) >= 11 is 0. The molecule has 2 heteroatoms. The van der Waals surface area contributed by atoms with Gasteiger partial charge in [-0.05, 0) is 38.8 Å². The average Bonchev–Trinajstić information content (AvgIpc) is 1.98. The van der Waals surface area contributed by atoms with Gasteiger partial charge in [0.1, 0.15) is 0 Å². The van der Waals surface area contributed by atoms with E-state index >= 15 is 0 Å². The normalized spacial score (nSPS) is 16.2. The van der Waals surface area contributed by atoms with E-state index in [9.17, 15) is 8.78 Å². The van der Waals surface area contributed by atoms with Gasteiger partial charge in [-0.1, -0.05) is 12.2 Å². The van der Waals surface area contributed by atoms with Gasteiger partial charge in [-0.25, -0.2) is 8.78 Å². The van der Waals surface area contributed by atoms with Crippen LogP contribution in [0.5, 0.6) is 0 Å². The summed E-state index contributed by atoms with van der Waals surface area (Å²) in [6.45, 7) is 6.04. The fourth-order valence-electron chi connectivity index (χ4n) is 0.480. The highest BCUT2D eigenvalue weighted by Crippen LogP contribution is 2.10. The van der Waals surface area contributed by atoms with Crippen LogP contribution in [0.1, 0.15) is 27.7 Å². The lowest BCUT2D eigenvalue weighted by atomic mass is 10.2. The Morgan fingerprint density at radius 3 is 1.17 bits per heavy atom. The van der Waals surface area contributed by atoms with Crippen molar-refractivity contribution in [3.05, 3.63) is 35.0 Å². The molecule has 12 heavy (non-hydrogen) atoms. The van der Waals surface area contributed by atoms with E-state index in [0.717, 1.165) is 0 Å². The predicted molar refractivity (Wildman–Crippen MR) is 48.1 cm³/mol. The van der Waals surface area contributed by atoms with Crippen LogP contribution in [-0.2, 0) is 0 Å². The van der Waals surface area contributed by atoms with Crippen LogP contribution in [0.2, 0.25) is 0 Å². The molecule has 0 rings (SSSR count). The van der Waals surface area contributed by atoms with Gasteiger partial charge in [0.15, 0.2) is 0 Å². The Bertz CT molecular complexity index is 211. The van der Waals surface area contributed by atoms with Crippen molar-refractivity contribution >= 4 is 0 Å². The molecule has 0 radical (unpaired) electrons. The van der Waals surface area contributed by atoms with Crippen molar-refractivity contribution in [2.45, 2.75) is 27.7 Å². The Morgan fingerprint density at radius 2 is 1.00 bits per heavy atom. The lowest BCUT2D eigenvalue weighted by molar-refractivity contribution is 0.629. The highest BCUT2D eigenvalue weighted by Gasteiger charge is 1.91. The first kappa shape index (κ1) is 11.1. The van der Waals surface area contributed by atoms with Gasteiger partial charge in [-0.15, -0.1) is 0 Å². The summed E-state index contributed by atoms with van der Waals surface area (Å²) in [7, 11) is 0. The summed E-state index contributed by atoms with van der Waals surface area (Å²) in [6.07, 6.45) is 3.13. The maximum absolute atomic E-state index is 12.5. The third kappa shape index (κ3) is 4.06. The van der Waals surface area contributed by atoms with Crippen molar-refractivity contribution in [3.63, 3.8) is 0 Å². The molecule has 0 saturated heterocycles. The first-order chi connectivity index (χ1) is 5.45. The third-order valence-corrected chi connectivity index (χ3v) is 1.67. The second kappa shape index (κ2) is 4.86.